The van der Waals surface area contributed by atoms with E-state index in [1.807, 2.05) is 6.20 Å². The second-order valence-electron chi connectivity index (χ2n) is 6.25. The Kier molecular flexibility index (Phi) is 10.8. The number of hydrogen-bond donors (Lipinski definition) is 1. The minimum atomic E-state index is 0.690. The molecule has 1 aliphatic rings. The fraction of sp³-hybridized carbons (Fsp3) is 0.889. The van der Waals surface area contributed by atoms with Crippen LogP contribution in [0.5, 0.6) is 0 Å². The predicted molar refractivity (Wildman–Crippen MR) is 90.0 cm³/mol. The van der Waals surface area contributed by atoms with Gasteiger partial charge in [0.1, 0.15) is 0 Å². The van der Waals surface area contributed by atoms with E-state index in [0.717, 1.165) is 19.6 Å². The van der Waals surface area contributed by atoms with Crippen LogP contribution in [0.4, 0.5) is 0 Å². The van der Waals surface area contributed by atoms with Gasteiger partial charge in [0.25, 0.3) is 0 Å². The molecule has 1 N–H and O–H groups in total. The summed E-state index contributed by atoms with van der Waals surface area (Å²) in [5, 5.41) is 3.50. The predicted octanol–water partition coefficient (Wildman–Crippen LogP) is 4.71. The number of nitrogens with zero attached hydrogens (tertiary/aromatic N) is 1. The third-order valence-corrected chi connectivity index (χ3v) is 4.52. The summed E-state index contributed by atoms with van der Waals surface area (Å²) in [6.07, 6.45) is 17.6. The molecule has 0 bridgehead atoms. The topological polar surface area (TPSA) is 15.3 Å². The van der Waals surface area contributed by atoms with E-state index in [0.29, 0.717) is 6.04 Å². The SMILES string of the molecule is C=CN1CCNCC1CCCCCCCCCCCC. The highest BCUT2D eigenvalue weighted by Crippen LogP contribution is 2.15. The quantitative estimate of drug-likeness (QED) is 0.521. The van der Waals surface area contributed by atoms with Gasteiger partial charge in [-0.15, -0.1) is 0 Å². The molecule has 2 nitrogen and oxygen atoms in total. The summed E-state index contributed by atoms with van der Waals surface area (Å²) >= 11 is 0. The van der Waals surface area contributed by atoms with Crippen molar-refractivity contribution in [1.29, 1.82) is 0 Å². The lowest BCUT2D eigenvalue weighted by atomic mass is 10.0. The first-order valence-corrected chi connectivity index (χ1v) is 8.97. The molecule has 1 rings (SSSR count). The highest BCUT2D eigenvalue weighted by atomic mass is 15.2. The molecular weight excluding hydrogens is 244 g/mol. The number of nitrogens with one attached hydrogen (secondary N) is 1. The van der Waals surface area contributed by atoms with Crippen LogP contribution in [0, 0.1) is 0 Å². The molecule has 0 saturated carbocycles. The van der Waals surface area contributed by atoms with Crippen molar-refractivity contribution >= 4 is 0 Å². The van der Waals surface area contributed by atoms with Crippen molar-refractivity contribution in [1.82, 2.24) is 10.2 Å². The van der Waals surface area contributed by atoms with Crippen LogP contribution < -0.4 is 5.32 Å². The second-order valence-corrected chi connectivity index (χ2v) is 6.25. The maximum atomic E-state index is 3.93. The number of rotatable bonds is 12. The van der Waals surface area contributed by atoms with E-state index >= 15 is 0 Å². The van der Waals surface area contributed by atoms with Gasteiger partial charge in [-0.1, -0.05) is 77.7 Å². The minimum Gasteiger partial charge on any atom is -0.372 e. The average Bonchev–Trinajstić information content (AvgIpc) is 2.49. The average molecular weight is 280 g/mol. The fourth-order valence-corrected chi connectivity index (χ4v) is 3.15. The number of unbranched alkanes of at least 4 members (excludes halogenated alkanes) is 9. The Hall–Kier alpha value is -0.500. The summed E-state index contributed by atoms with van der Waals surface area (Å²) < 4.78 is 0. The van der Waals surface area contributed by atoms with Crippen LogP contribution in [-0.2, 0) is 0 Å². The minimum absolute atomic E-state index is 0.690. The van der Waals surface area contributed by atoms with E-state index in [2.05, 4.69) is 23.7 Å². The van der Waals surface area contributed by atoms with Gasteiger partial charge in [-0.2, -0.15) is 0 Å². The van der Waals surface area contributed by atoms with Gasteiger partial charge in [-0.25, -0.2) is 0 Å². The van der Waals surface area contributed by atoms with E-state index < -0.39 is 0 Å². The monoisotopic (exact) mass is 280 g/mol. The third kappa shape index (κ3) is 7.94. The van der Waals surface area contributed by atoms with Gasteiger partial charge in [0.2, 0.25) is 0 Å². The molecule has 0 radical (unpaired) electrons. The molecular formula is C18H36N2. The van der Waals surface area contributed by atoms with E-state index in [4.69, 9.17) is 0 Å². The van der Waals surface area contributed by atoms with Gasteiger partial charge in [-0.3, -0.25) is 0 Å². The van der Waals surface area contributed by atoms with E-state index in [-0.39, 0.29) is 0 Å². The van der Waals surface area contributed by atoms with Gasteiger partial charge in [0, 0.05) is 25.7 Å². The Balaban J connectivity index is 1.87. The summed E-state index contributed by atoms with van der Waals surface area (Å²) in [4.78, 5) is 2.42. The van der Waals surface area contributed by atoms with Crippen molar-refractivity contribution in [2.24, 2.45) is 0 Å². The summed E-state index contributed by atoms with van der Waals surface area (Å²) in [6.45, 7) is 9.60. The normalized spacial score (nSPS) is 19.2. The third-order valence-electron chi connectivity index (χ3n) is 4.52. The van der Waals surface area contributed by atoms with Crippen molar-refractivity contribution in [2.75, 3.05) is 19.6 Å². The summed E-state index contributed by atoms with van der Waals surface area (Å²) in [5.74, 6) is 0. The molecule has 1 saturated heterocycles. The summed E-state index contributed by atoms with van der Waals surface area (Å²) in [6, 6.07) is 0.690. The zero-order chi connectivity index (χ0) is 14.5. The smallest absolute Gasteiger partial charge is 0.0409 e. The number of piperazine rings is 1. The van der Waals surface area contributed by atoms with Gasteiger partial charge in [0.05, 0.1) is 0 Å². The molecule has 118 valence electrons. The van der Waals surface area contributed by atoms with Crippen molar-refractivity contribution < 1.29 is 0 Å². The maximum absolute atomic E-state index is 3.93. The standard InChI is InChI=1S/C18H36N2/c1-3-5-6-7-8-9-10-11-12-13-14-18-17-19-15-16-20(18)4-2/h4,18-19H,2-3,5-17H2,1H3. The lowest BCUT2D eigenvalue weighted by Gasteiger charge is -2.35. The Morgan fingerprint density at radius 3 is 2.20 bits per heavy atom. The second kappa shape index (κ2) is 12.3. The molecule has 1 unspecified atom stereocenters. The molecule has 0 spiro atoms. The molecule has 0 aromatic rings. The van der Waals surface area contributed by atoms with Crippen molar-refractivity contribution in [3.8, 4) is 0 Å². The highest BCUT2D eigenvalue weighted by molar-refractivity contribution is 4.85. The first-order valence-electron chi connectivity index (χ1n) is 8.97. The lowest BCUT2D eigenvalue weighted by Crippen LogP contribution is -2.48. The maximum Gasteiger partial charge on any atom is 0.0409 e. The molecule has 1 fully saturated rings. The fourth-order valence-electron chi connectivity index (χ4n) is 3.15. The molecule has 0 aliphatic carbocycles. The van der Waals surface area contributed by atoms with Crippen LogP contribution in [-0.4, -0.2) is 30.6 Å². The van der Waals surface area contributed by atoms with Crippen LogP contribution >= 0.6 is 0 Å². The van der Waals surface area contributed by atoms with Gasteiger partial charge < -0.3 is 10.2 Å². The molecule has 1 aliphatic heterocycles. The Labute approximate surface area is 127 Å². The summed E-state index contributed by atoms with van der Waals surface area (Å²) in [7, 11) is 0. The first-order chi connectivity index (χ1) is 9.88. The zero-order valence-corrected chi connectivity index (χ0v) is 13.7. The van der Waals surface area contributed by atoms with Crippen LogP contribution in [0.25, 0.3) is 0 Å². The van der Waals surface area contributed by atoms with Crippen molar-refractivity contribution in [2.45, 2.75) is 83.6 Å². The van der Waals surface area contributed by atoms with Crippen molar-refractivity contribution in [3.05, 3.63) is 12.8 Å². The molecule has 0 aromatic carbocycles. The Morgan fingerprint density at radius 2 is 1.60 bits per heavy atom. The van der Waals surface area contributed by atoms with Crippen molar-refractivity contribution in [3.63, 3.8) is 0 Å². The number of hydrogen-bond acceptors (Lipinski definition) is 2. The van der Waals surface area contributed by atoms with Crippen LogP contribution in [0.2, 0.25) is 0 Å². The molecule has 2 heteroatoms. The van der Waals surface area contributed by atoms with Gasteiger partial charge >= 0.3 is 0 Å². The molecule has 20 heavy (non-hydrogen) atoms. The molecule has 1 heterocycles. The van der Waals surface area contributed by atoms with Gasteiger partial charge in [-0.05, 0) is 12.6 Å². The van der Waals surface area contributed by atoms with E-state index in [9.17, 15) is 0 Å². The largest absolute Gasteiger partial charge is 0.372 e. The molecule has 1 atom stereocenters. The zero-order valence-electron chi connectivity index (χ0n) is 13.7. The van der Waals surface area contributed by atoms with Crippen LogP contribution in [0.15, 0.2) is 12.8 Å². The van der Waals surface area contributed by atoms with Crippen LogP contribution in [0.1, 0.15) is 77.6 Å². The molecule has 0 amide bonds. The lowest BCUT2D eigenvalue weighted by molar-refractivity contribution is 0.214. The van der Waals surface area contributed by atoms with E-state index in [1.165, 1.54) is 70.6 Å². The Bertz CT molecular complexity index is 227. The van der Waals surface area contributed by atoms with Crippen LogP contribution in [0.3, 0.4) is 0 Å². The summed E-state index contributed by atoms with van der Waals surface area (Å²) in [5.41, 5.74) is 0. The highest BCUT2D eigenvalue weighted by Gasteiger charge is 2.17. The van der Waals surface area contributed by atoms with E-state index in [1.54, 1.807) is 0 Å². The molecule has 0 aromatic heterocycles. The first kappa shape index (κ1) is 17.6. The van der Waals surface area contributed by atoms with Gasteiger partial charge in [0.15, 0.2) is 0 Å². The Morgan fingerprint density at radius 1 is 1.00 bits per heavy atom.